The van der Waals surface area contributed by atoms with E-state index in [-0.39, 0.29) is 12.1 Å². The van der Waals surface area contributed by atoms with Crippen molar-refractivity contribution in [1.29, 1.82) is 0 Å². The second-order valence-electron chi connectivity index (χ2n) is 5.22. The van der Waals surface area contributed by atoms with Gasteiger partial charge in [-0.2, -0.15) is 0 Å². The zero-order chi connectivity index (χ0) is 17.1. The van der Waals surface area contributed by atoms with Gasteiger partial charge in [-0.1, -0.05) is 24.3 Å². The van der Waals surface area contributed by atoms with Gasteiger partial charge in [-0.3, -0.25) is 4.79 Å². The lowest BCUT2D eigenvalue weighted by Gasteiger charge is -2.12. The zero-order valence-corrected chi connectivity index (χ0v) is 15.0. The van der Waals surface area contributed by atoms with Gasteiger partial charge in [0.05, 0.1) is 31.9 Å². The number of rotatable bonds is 5. The first kappa shape index (κ1) is 17.0. The lowest BCUT2D eigenvalue weighted by molar-refractivity contribution is -0.0441. The Kier molecular flexibility index (Phi) is 5.18. The van der Waals surface area contributed by atoms with Gasteiger partial charge < -0.3 is 18.9 Å². The Hall–Kier alpha value is -1.89. The van der Waals surface area contributed by atoms with Crippen molar-refractivity contribution in [3.8, 4) is 11.5 Å². The molecule has 1 aliphatic heterocycles. The van der Waals surface area contributed by atoms with Crippen molar-refractivity contribution >= 4 is 21.7 Å². The Balaban J connectivity index is 1.87. The summed E-state index contributed by atoms with van der Waals surface area (Å²) in [4.78, 5) is 12.7. The number of ketones is 1. The van der Waals surface area contributed by atoms with Gasteiger partial charge in [0.25, 0.3) is 0 Å². The summed E-state index contributed by atoms with van der Waals surface area (Å²) in [6, 6.07) is 10.6. The molecule has 3 rings (SSSR count). The molecule has 2 aromatic carbocycles. The fourth-order valence-electron chi connectivity index (χ4n) is 2.56. The first-order valence-electron chi connectivity index (χ1n) is 7.43. The van der Waals surface area contributed by atoms with E-state index in [0.717, 1.165) is 5.56 Å². The molecule has 0 atom stereocenters. The van der Waals surface area contributed by atoms with E-state index >= 15 is 0 Å². The molecule has 1 saturated heterocycles. The largest absolute Gasteiger partial charge is 0.493 e. The number of hydrogen-bond donors (Lipinski definition) is 0. The van der Waals surface area contributed by atoms with Crippen LogP contribution in [0.15, 0.2) is 40.9 Å². The van der Waals surface area contributed by atoms with E-state index in [9.17, 15) is 4.79 Å². The maximum Gasteiger partial charge on any atom is 0.193 e. The summed E-state index contributed by atoms with van der Waals surface area (Å²) in [6.07, 6.45) is -0.343. The first-order chi connectivity index (χ1) is 11.6. The summed E-state index contributed by atoms with van der Waals surface area (Å²) in [5, 5.41) is 0. The smallest absolute Gasteiger partial charge is 0.193 e. The SMILES string of the molecule is COc1cc(C(=O)c2ccc(C3OCCO3)cc2)cc(Br)c1OC. The predicted molar refractivity (Wildman–Crippen MR) is 91.8 cm³/mol. The fraction of sp³-hybridized carbons (Fsp3) is 0.278. The van der Waals surface area contributed by atoms with Crippen LogP contribution in [0.5, 0.6) is 11.5 Å². The van der Waals surface area contributed by atoms with Crippen LogP contribution in [-0.4, -0.2) is 33.2 Å². The second kappa shape index (κ2) is 7.34. The van der Waals surface area contributed by atoms with Crippen LogP contribution in [0.3, 0.4) is 0 Å². The summed E-state index contributed by atoms with van der Waals surface area (Å²) in [7, 11) is 3.09. The molecule has 0 spiro atoms. The normalized spacial score (nSPS) is 14.6. The number of carbonyl (C=O) groups is 1. The maximum atomic E-state index is 12.7. The molecule has 24 heavy (non-hydrogen) atoms. The molecule has 126 valence electrons. The standard InChI is InChI=1S/C18H17BrO5/c1-21-15-10-13(9-14(19)17(15)22-2)16(20)11-3-5-12(6-4-11)18-23-7-8-24-18/h3-6,9-10,18H,7-8H2,1-2H3. The van der Waals surface area contributed by atoms with Crippen molar-refractivity contribution in [2.24, 2.45) is 0 Å². The summed E-state index contributed by atoms with van der Waals surface area (Å²) >= 11 is 3.41. The molecule has 1 aliphatic rings. The van der Waals surface area contributed by atoms with Gasteiger partial charge in [-0.05, 0) is 28.1 Å². The summed E-state index contributed by atoms with van der Waals surface area (Å²) in [6.45, 7) is 1.18. The second-order valence-corrected chi connectivity index (χ2v) is 6.07. The number of halogens is 1. The summed E-state index contributed by atoms with van der Waals surface area (Å²) in [5.74, 6) is 0.955. The summed E-state index contributed by atoms with van der Waals surface area (Å²) in [5.41, 5.74) is 1.99. The Morgan fingerprint density at radius 1 is 1.04 bits per heavy atom. The van der Waals surface area contributed by atoms with Gasteiger partial charge in [0.2, 0.25) is 0 Å². The van der Waals surface area contributed by atoms with Crippen molar-refractivity contribution in [3.63, 3.8) is 0 Å². The molecule has 5 nitrogen and oxygen atoms in total. The van der Waals surface area contributed by atoms with Gasteiger partial charge in [-0.25, -0.2) is 0 Å². The lowest BCUT2D eigenvalue weighted by Crippen LogP contribution is -2.04. The number of hydrogen-bond acceptors (Lipinski definition) is 5. The molecule has 0 bridgehead atoms. The Morgan fingerprint density at radius 2 is 1.71 bits per heavy atom. The molecule has 0 aromatic heterocycles. The fourth-order valence-corrected chi connectivity index (χ4v) is 3.16. The van der Waals surface area contributed by atoms with Gasteiger partial charge in [-0.15, -0.1) is 0 Å². The van der Waals surface area contributed by atoms with E-state index in [0.29, 0.717) is 40.3 Å². The number of benzene rings is 2. The minimum Gasteiger partial charge on any atom is -0.493 e. The highest BCUT2D eigenvalue weighted by Crippen LogP contribution is 2.37. The molecule has 0 unspecified atom stereocenters. The average Bonchev–Trinajstić information content (AvgIpc) is 3.15. The van der Waals surface area contributed by atoms with Gasteiger partial charge >= 0.3 is 0 Å². The van der Waals surface area contributed by atoms with E-state index in [1.165, 1.54) is 7.11 Å². The van der Waals surface area contributed by atoms with Crippen LogP contribution in [0.1, 0.15) is 27.8 Å². The average molecular weight is 393 g/mol. The van der Waals surface area contributed by atoms with Crippen LogP contribution < -0.4 is 9.47 Å². The van der Waals surface area contributed by atoms with E-state index in [4.69, 9.17) is 18.9 Å². The van der Waals surface area contributed by atoms with Crippen LogP contribution in [0.25, 0.3) is 0 Å². The molecule has 2 aromatic rings. The summed E-state index contributed by atoms with van der Waals surface area (Å²) < 4.78 is 22.1. The molecular weight excluding hydrogens is 376 g/mol. The third kappa shape index (κ3) is 3.31. The third-order valence-electron chi connectivity index (χ3n) is 3.76. The minimum absolute atomic E-state index is 0.100. The van der Waals surface area contributed by atoms with Gasteiger partial charge in [0.1, 0.15) is 0 Å². The highest BCUT2D eigenvalue weighted by atomic mass is 79.9. The monoisotopic (exact) mass is 392 g/mol. The highest BCUT2D eigenvalue weighted by Gasteiger charge is 2.20. The molecule has 0 N–H and O–H groups in total. The Bertz CT molecular complexity index is 736. The topological polar surface area (TPSA) is 54.0 Å². The molecule has 1 fully saturated rings. The zero-order valence-electron chi connectivity index (χ0n) is 13.4. The van der Waals surface area contributed by atoms with Crippen LogP contribution in [0.4, 0.5) is 0 Å². The van der Waals surface area contributed by atoms with Crippen LogP contribution in [0.2, 0.25) is 0 Å². The molecular formula is C18H17BrO5. The Labute approximate surface area is 148 Å². The maximum absolute atomic E-state index is 12.7. The number of methoxy groups -OCH3 is 2. The highest BCUT2D eigenvalue weighted by molar-refractivity contribution is 9.10. The minimum atomic E-state index is -0.343. The molecule has 1 heterocycles. The van der Waals surface area contributed by atoms with E-state index in [1.54, 1.807) is 31.4 Å². The van der Waals surface area contributed by atoms with Crippen molar-refractivity contribution in [1.82, 2.24) is 0 Å². The molecule has 0 aliphatic carbocycles. The first-order valence-corrected chi connectivity index (χ1v) is 8.22. The van der Waals surface area contributed by atoms with Crippen LogP contribution in [-0.2, 0) is 9.47 Å². The van der Waals surface area contributed by atoms with E-state index < -0.39 is 0 Å². The molecule has 0 amide bonds. The van der Waals surface area contributed by atoms with E-state index in [1.807, 2.05) is 12.1 Å². The van der Waals surface area contributed by atoms with Crippen LogP contribution in [0, 0.1) is 0 Å². The van der Waals surface area contributed by atoms with Crippen LogP contribution >= 0.6 is 15.9 Å². The van der Waals surface area contributed by atoms with Crippen molar-refractivity contribution in [2.45, 2.75) is 6.29 Å². The molecule has 0 radical (unpaired) electrons. The lowest BCUT2D eigenvalue weighted by atomic mass is 10.0. The number of carbonyl (C=O) groups excluding carboxylic acids is 1. The van der Waals surface area contributed by atoms with Crippen molar-refractivity contribution < 1.29 is 23.7 Å². The van der Waals surface area contributed by atoms with E-state index in [2.05, 4.69) is 15.9 Å². The Morgan fingerprint density at radius 3 is 2.29 bits per heavy atom. The predicted octanol–water partition coefficient (Wildman–Crippen LogP) is 3.74. The number of ether oxygens (including phenoxy) is 4. The quantitative estimate of drug-likeness (QED) is 0.725. The van der Waals surface area contributed by atoms with Gasteiger partial charge in [0.15, 0.2) is 23.6 Å². The molecule has 0 saturated carbocycles. The third-order valence-corrected chi connectivity index (χ3v) is 4.35. The van der Waals surface area contributed by atoms with Crippen molar-refractivity contribution in [3.05, 3.63) is 57.6 Å². The molecule has 6 heteroatoms. The van der Waals surface area contributed by atoms with Gasteiger partial charge in [0, 0.05) is 16.7 Å². The van der Waals surface area contributed by atoms with Crippen molar-refractivity contribution in [2.75, 3.05) is 27.4 Å².